The Morgan fingerprint density at radius 3 is 2.74 bits per heavy atom. The lowest BCUT2D eigenvalue weighted by Crippen LogP contribution is -2.36. The van der Waals surface area contributed by atoms with Crippen LogP contribution < -0.4 is 11.1 Å². The van der Waals surface area contributed by atoms with Crippen molar-refractivity contribution in [2.24, 2.45) is 0 Å². The summed E-state index contributed by atoms with van der Waals surface area (Å²) in [5.74, 6) is -0.353. The molecule has 1 amide bonds. The summed E-state index contributed by atoms with van der Waals surface area (Å²) in [5.41, 5.74) is 6.77. The second-order valence-corrected chi connectivity index (χ2v) is 6.97. The van der Waals surface area contributed by atoms with Crippen LogP contribution in [0.5, 0.6) is 0 Å². The molecule has 6 nitrogen and oxygen atoms in total. The molecule has 1 aromatic heterocycles. The van der Waals surface area contributed by atoms with E-state index in [2.05, 4.69) is 5.32 Å². The standard InChI is InChI=1S/C12H15N3O3S/c13-8-5-11(15(6-8)10-1-2-10)12(16)14-9-3-4-19(17,18)7-9/h3-6,9-10H,1-2,7,13H2,(H,14,16). The number of sulfone groups is 1. The summed E-state index contributed by atoms with van der Waals surface area (Å²) in [6.07, 6.45) is 5.35. The lowest BCUT2D eigenvalue weighted by atomic mass is 10.3. The van der Waals surface area contributed by atoms with Crippen LogP contribution in [0.25, 0.3) is 0 Å². The highest BCUT2D eigenvalue weighted by atomic mass is 32.2. The molecule has 7 heteroatoms. The predicted octanol–water partition coefficient (Wildman–Crippen LogP) is 0.446. The molecule has 1 atom stereocenters. The highest BCUT2D eigenvalue weighted by Gasteiger charge is 2.29. The zero-order valence-electron chi connectivity index (χ0n) is 10.2. The number of amides is 1. The number of nitrogens with zero attached hydrogens (tertiary/aromatic N) is 1. The van der Waals surface area contributed by atoms with Crippen molar-refractivity contribution in [3.63, 3.8) is 0 Å². The summed E-state index contributed by atoms with van der Waals surface area (Å²) in [7, 11) is -3.16. The summed E-state index contributed by atoms with van der Waals surface area (Å²) in [4.78, 5) is 12.2. The Balaban J connectivity index is 1.76. The van der Waals surface area contributed by atoms with Gasteiger partial charge in [0.2, 0.25) is 0 Å². The Bertz CT molecular complexity index is 656. The maximum Gasteiger partial charge on any atom is 0.268 e. The smallest absolute Gasteiger partial charge is 0.268 e. The van der Waals surface area contributed by atoms with Crippen LogP contribution in [0.2, 0.25) is 0 Å². The number of nitrogens with one attached hydrogen (secondary N) is 1. The van der Waals surface area contributed by atoms with Gasteiger partial charge in [0.1, 0.15) is 5.69 Å². The molecule has 3 rings (SSSR count). The minimum atomic E-state index is -3.16. The highest BCUT2D eigenvalue weighted by Crippen LogP contribution is 2.37. The van der Waals surface area contributed by atoms with Gasteiger partial charge in [0.15, 0.2) is 9.84 Å². The molecule has 1 aliphatic carbocycles. The molecule has 0 aromatic carbocycles. The van der Waals surface area contributed by atoms with Gasteiger partial charge >= 0.3 is 0 Å². The van der Waals surface area contributed by atoms with Crippen LogP contribution in [0.15, 0.2) is 23.7 Å². The van der Waals surface area contributed by atoms with Crippen LogP contribution in [0.4, 0.5) is 5.69 Å². The van der Waals surface area contributed by atoms with Gasteiger partial charge in [0.05, 0.1) is 17.5 Å². The summed E-state index contributed by atoms with van der Waals surface area (Å²) in [6.45, 7) is 0. The second-order valence-electron chi connectivity index (χ2n) is 5.04. The van der Waals surface area contributed by atoms with Crippen LogP contribution in [-0.4, -0.2) is 30.7 Å². The molecular weight excluding hydrogens is 266 g/mol. The molecule has 19 heavy (non-hydrogen) atoms. The van der Waals surface area contributed by atoms with Crippen molar-refractivity contribution in [1.29, 1.82) is 0 Å². The molecule has 1 aromatic rings. The van der Waals surface area contributed by atoms with Crippen LogP contribution in [-0.2, 0) is 9.84 Å². The maximum atomic E-state index is 12.2. The number of anilines is 1. The zero-order chi connectivity index (χ0) is 13.6. The molecule has 0 saturated heterocycles. The third kappa shape index (κ3) is 2.51. The van der Waals surface area contributed by atoms with Gasteiger partial charge < -0.3 is 15.6 Å². The molecule has 0 radical (unpaired) electrons. The van der Waals surface area contributed by atoms with Gasteiger partial charge in [-0.3, -0.25) is 4.79 Å². The first kappa shape index (κ1) is 12.3. The molecule has 0 spiro atoms. The lowest BCUT2D eigenvalue weighted by molar-refractivity contribution is 0.0938. The van der Waals surface area contributed by atoms with Gasteiger partial charge in [-0.1, -0.05) is 0 Å². The van der Waals surface area contributed by atoms with Crippen LogP contribution in [0, 0.1) is 0 Å². The second kappa shape index (κ2) is 4.12. The van der Waals surface area contributed by atoms with Crippen molar-refractivity contribution in [3.8, 4) is 0 Å². The fourth-order valence-corrected chi connectivity index (χ4v) is 3.48. The summed E-state index contributed by atoms with van der Waals surface area (Å²) in [6, 6.07) is 1.52. The monoisotopic (exact) mass is 281 g/mol. The molecule has 102 valence electrons. The Hall–Kier alpha value is -1.76. The summed E-state index contributed by atoms with van der Waals surface area (Å²) >= 11 is 0. The van der Waals surface area contributed by atoms with Crippen LogP contribution in [0.3, 0.4) is 0 Å². The maximum absolute atomic E-state index is 12.2. The molecule has 0 bridgehead atoms. The van der Waals surface area contributed by atoms with Gasteiger partial charge in [0.25, 0.3) is 5.91 Å². The Morgan fingerprint density at radius 1 is 1.42 bits per heavy atom. The Kier molecular flexibility index (Phi) is 2.67. The van der Waals surface area contributed by atoms with Crippen molar-refractivity contribution >= 4 is 21.4 Å². The number of nitrogen functional groups attached to an aromatic ring is 1. The van der Waals surface area contributed by atoms with Crippen molar-refractivity contribution in [1.82, 2.24) is 9.88 Å². The molecule has 2 aliphatic rings. The average Bonchev–Trinajstić information content (AvgIpc) is 3.01. The third-order valence-electron chi connectivity index (χ3n) is 3.29. The number of carbonyl (C=O) groups excluding carboxylic acids is 1. The van der Waals surface area contributed by atoms with E-state index in [1.165, 1.54) is 6.08 Å². The van der Waals surface area contributed by atoms with Crippen molar-refractivity contribution in [2.75, 3.05) is 11.5 Å². The molecule has 3 N–H and O–H groups in total. The molecular formula is C12H15N3O3S. The average molecular weight is 281 g/mol. The van der Waals surface area contributed by atoms with Gasteiger partial charge in [-0.05, 0) is 25.0 Å². The van der Waals surface area contributed by atoms with Gasteiger partial charge in [-0.25, -0.2) is 8.42 Å². The van der Waals surface area contributed by atoms with Gasteiger partial charge in [-0.15, -0.1) is 0 Å². The normalized spacial score (nSPS) is 24.5. The highest BCUT2D eigenvalue weighted by molar-refractivity contribution is 7.94. The van der Waals surface area contributed by atoms with Crippen molar-refractivity contribution < 1.29 is 13.2 Å². The van der Waals surface area contributed by atoms with E-state index in [0.29, 0.717) is 17.4 Å². The van der Waals surface area contributed by atoms with Crippen molar-refractivity contribution in [3.05, 3.63) is 29.4 Å². The van der Waals surface area contributed by atoms with E-state index in [4.69, 9.17) is 5.73 Å². The van der Waals surface area contributed by atoms with Gasteiger partial charge in [-0.2, -0.15) is 0 Å². The minimum absolute atomic E-state index is 0.0711. The first-order valence-electron chi connectivity index (χ1n) is 6.14. The molecule has 2 heterocycles. The van der Waals surface area contributed by atoms with E-state index in [9.17, 15) is 13.2 Å². The number of aromatic nitrogens is 1. The predicted molar refractivity (Wildman–Crippen MR) is 71.3 cm³/mol. The summed E-state index contributed by atoms with van der Waals surface area (Å²) < 4.78 is 24.4. The quantitative estimate of drug-likeness (QED) is 0.841. The first-order chi connectivity index (χ1) is 8.94. The van der Waals surface area contributed by atoms with E-state index >= 15 is 0 Å². The van der Waals surface area contributed by atoms with E-state index in [-0.39, 0.29) is 11.7 Å². The van der Waals surface area contributed by atoms with Crippen LogP contribution >= 0.6 is 0 Å². The zero-order valence-corrected chi connectivity index (χ0v) is 11.1. The molecule has 1 saturated carbocycles. The van der Waals surface area contributed by atoms with E-state index < -0.39 is 15.9 Å². The SMILES string of the molecule is Nc1cc(C(=O)NC2C=CS(=O)(=O)C2)n(C2CC2)c1. The Labute approximate surface area is 111 Å². The number of rotatable bonds is 3. The Morgan fingerprint density at radius 2 is 2.16 bits per heavy atom. The first-order valence-corrected chi connectivity index (χ1v) is 7.85. The third-order valence-corrected chi connectivity index (χ3v) is 4.68. The molecule has 1 aliphatic heterocycles. The fraction of sp³-hybridized carbons (Fsp3) is 0.417. The van der Waals surface area contributed by atoms with Crippen molar-refractivity contribution in [2.45, 2.75) is 24.9 Å². The minimum Gasteiger partial charge on any atom is -0.397 e. The largest absolute Gasteiger partial charge is 0.397 e. The van der Waals surface area contributed by atoms with E-state index in [0.717, 1.165) is 18.2 Å². The van der Waals surface area contributed by atoms with E-state index in [1.54, 1.807) is 12.3 Å². The number of hydrogen-bond donors (Lipinski definition) is 2. The summed E-state index contributed by atoms with van der Waals surface area (Å²) in [5, 5.41) is 3.85. The fourth-order valence-electron chi connectivity index (χ4n) is 2.25. The number of nitrogens with two attached hydrogens (primary N) is 1. The van der Waals surface area contributed by atoms with Crippen LogP contribution in [0.1, 0.15) is 29.4 Å². The number of carbonyl (C=O) groups is 1. The van der Waals surface area contributed by atoms with Gasteiger partial charge in [0, 0.05) is 17.6 Å². The van der Waals surface area contributed by atoms with E-state index in [1.807, 2.05) is 4.57 Å². The topological polar surface area (TPSA) is 94.2 Å². The lowest BCUT2D eigenvalue weighted by Gasteiger charge is -2.11. The molecule has 1 unspecified atom stereocenters. The molecule has 1 fully saturated rings. The number of hydrogen-bond acceptors (Lipinski definition) is 4.